The highest BCUT2D eigenvalue weighted by atomic mass is 19.3. The van der Waals surface area contributed by atoms with Gasteiger partial charge in [0.05, 0.1) is 24.5 Å². The zero-order chi connectivity index (χ0) is 30.0. The Labute approximate surface area is 238 Å². The van der Waals surface area contributed by atoms with E-state index in [-0.39, 0.29) is 46.3 Å². The highest BCUT2D eigenvalue weighted by Gasteiger charge is 2.41. The molecule has 13 heteroatoms. The van der Waals surface area contributed by atoms with Crippen LogP contribution in [0.2, 0.25) is 0 Å². The summed E-state index contributed by atoms with van der Waals surface area (Å²) in [6, 6.07) is 12.4. The van der Waals surface area contributed by atoms with Crippen LogP contribution in [0.1, 0.15) is 41.2 Å². The van der Waals surface area contributed by atoms with Gasteiger partial charge in [-0.15, -0.1) is 0 Å². The minimum atomic E-state index is -3.04. The molecule has 0 bridgehead atoms. The molecule has 1 unspecified atom stereocenters. The number of aromatic nitrogens is 5. The van der Waals surface area contributed by atoms with E-state index in [1.807, 2.05) is 6.92 Å². The van der Waals surface area contributed by atoms with Gasteiger partial charge in [-0.25, -0.2) is 9.37 Å². The first kappa shape index (κ1) is 28.6. The van der Waals surface area contributed by atoms with E-state index in [4.69, 9.17) is 4.74 Å². The summed E-state index contributed by atoms with van der Waals surface area (Å²) in [6.45, 7) is 1.53. The summed E-state index contributed by atoms with van der Waals surface area (Å²) in [5.74, 6) is -1.40. The molecule has 0 aliphatic carbocycles. The summed E-state index contributed by atoms with van der Waals surface area (Å²) >= 11 is 0. The number of ether oxygens (including phenoxy) is 2. The number of fused-ring (bicyclic) bond motifs is 1. The number of nitrogens with zero attached hydrogens (tertiary/aromatic N) is 5. The summed E-state index contributed by atoms with van der Waals surface area (Å²) in [4.78, 5) is 22.3. The Hall–Kier alpha value is -4.91. The predicted molar refractivity (Wildman–Crippen MR) is 147 cm³/mol. The van der Waals surface area contributed by atoms with Crippen molar-refractivity contribution in [1.29, 1.82) is 0 Å². The van der Waals surface area contributed by atoms with Gasteiger partial charge in [-0.3, -0.25) is 9.48 Å². The maximum Gasteiger partial charge on any atom is 0.387 e. The van der Waals surface area contributed by atoms with Crippen LogP contribution in [0.25, 0.3) is 11.2 Å². The molecule has 2 aromatic carbocycles. The van der Waals surface area contributed by atoms with E-state index in [0.29, 0.717) is 17.7 Å². The lowest BCUT2D eigenvalue weighted by Crippen LogP contribution is -2.33. The van der Waals surface area contributed by atoms with Gasteiger partial charge in [0.1, 0.15) is 17.1 Å². The van der Waals surface area contributed by atoms with Gasteiger partial charge in [-0.05, 0) is 43.7 Å². The number of hydrogen-bond acceptors (Lipinski definition) is 7. The second kappa shape index (κ2) is 11.5. The fourth-order valence-electron chi connectivity index (χ4n) is 4.78. The van der Waals surface area contributed by atoms with Crippen LogP contribution < -0.4 is 14.8 Å². The Bertz CT molecular complexity index is 1740. The van der Waals surface area contributed by atoms with Crippen molar-refractivity contribution in [3.05, 3.63) is 95.3 Å². The third-order valence-electron chi connectivity index (χ3n) is 6.76. The van der Waals surface area contributed by atoms with Gasteiger partial charge in [0, 0.05) is 24.8 Å². The van der Waals surface area contributed by atoms with Crippen molar-refractivity contribution in [2.75, 3.05) is 12.4 Å². The summed E-state index contributed by atoms with van der Waals surface area (Å²) in [7, 11) is 1.36. The fourth-order valence-corrected chi connectivity index (χ4v) is 4.78. The number of carbonyl (C=O) groups excluding carboxylic acids is 1. The molecule has 0 saturated heterocycles. The van der Waals surface area contributed by atoms with Gasteiger partial charge in [0.2, 0.25) is 5.88 Å². The number of anilines is 1. The molecule has 1 amide bonds. The molecule has 10 nitrogen and oxygen atoms in total. The van der Waals surface area contributed by atoms with E-state index in [1.54, 1.807) is 28.4 Å². The van der Waals surface area contributed by atoms with Gasteiger partial charge in [0.15, 0.2) is 17.1 Å². The number of halogens is 3. The molecule has 0 radical (unpaired) electrons. The molecule has 0 fully saturated rings. The van der Waals surface area contributed by atoms with Crippen LogP contribution in [-0.2, 0) is 18.7 Å². The zero-order valence-electron chi connectivity index (χ0n) is 22.9. The maximum atomic E-state index is 15.3. The van der Waals surface area contributed by atoms with Crippen molar-refractivity contribution in [2.45, 2.75) is 39.1 Å². The van der Waals surface area contributed by atoms with E-state index in [2.05, 4.69) is 25.1 Å². The number of aliphatic hydroxyl groups is 1. The summed E-state index contributed by atoms with van der Waals surface area (Å²) in [6.07, 6.45) is 3.19. The molecule has 42 heavy (non-hydrogen) atoms. The third kappa shape index (κ3) is 5.14. The van der Waals surface area contributed by atoms with Crippen LogP contribution in [0.15, 0.2) is 67.0 Å². The highest BCUT2D eigenvalue weighted by Crippen LogP contribution is 2.40. The van der Waals surface area contributed by atoms with Crippen molar-refractivity contribution in [3.8, 4) is 11.6 Å². The minimum Gasteiger partial charge on any atom is -0.480 e. The van der Waals surface area contributed by atoms with E-state index in [1.165, 1.54) is 61.8 Å². The number of rotatable bonds is 10. The van der Waals surface area contributed by atoms with Gasteiger partial charge in [-0.1, -0.05) is 30.3 Å². The van der Waals surface area contributed by atoms with Gasteiger partial charge in [0.25, 0.3) is 5.91 Å². The first-order valence-electron chi connectivity index (χ1n) is 13.0. The molecule has 5 rings (SSSR count). The molecular weight excluding hydrogens is 553 g/mol. The van der Waals surface area contributed by atoms with Crippen molar-refractivity contribution in [2.24, 2.45) is 0 Å². The molecule has 0 aliphatic rings. The maximum absolute atomic E-state index is 15.3. The van der Waals surface area contributed by atoms with Crippen LogP contribution in [-0.4, -0.2) is 49.1 Å². The van der Waals surface area contributed by atoms with Gasteiger partial charge < -0.3 is 24.5 Å². The summed E-state index contributed by atoms with van der Waals surface area (Å²) < 4.78 is 53.9. The molecule has 3 aromatic heterocycles. The summed E-state index contributed by atoms with van der Waals surface area (Å²) in [5.41, 5.74) is -1.12. The number of alkyl halides is 2. The van der Waals surface area contributed by atoms with E-state index in [9.17, 15) is 18.7 Å². The standard InChI is InChI=1S/C29H27F3N6O4/c1-4-37-16-18(15-33-37)34-25(39)20-14-23-24(35-26(20)41-3)36-27(38(23)5-2)29(40,21-8-6-7-9-22(21)30)17-10-12-19(13-11-17)42-28(31)32/h6-16,28,40H,4-5H2,1-3H3,(H,34,39). The van der Waals surface area contributed by atoms with E-state index >= 15 is 4.39 Å². The molecule has 0 aliphatic heterocycles. The number of imidazole rings is 1. The second-order valence-corrected chi connectivity index (χ2v) is 9.20. The van der Waals surface area contributed by atoms with Crippen LogP contribution in [0.5, 0.6) is 11.6 Å². The Morgan fingerprint density at radius 3 is 2.45 bits per heavy atom. The first-order valence-corrected chi connectivity index (χ1v) is 13.0. The van der Waals surface area contributed by atoms with Crippen molar-refractivity contribution in [1.82, 2.24) is 24.3 Å². The smallest absolute Gasteiger partial charge is 0.387 e. The van der Waals surface area contributed by atoms with Crippen LogP contribution in [0.3, 0.4) is 0 Å². The number of hydrogen-bond donors (Lipinski definition) is 2. The molecule has 2 N–H and O–H groups in total. The molecule has 5 aromatic rings. The van der Waals surface area contributed by atoms with Crippen LogP contribution in [0, 0.1) is 5.82 Å². The first-order chi connectivity index (χ1) is 20.2. The molecule has 3 heterocycles. The Morgan fingerprint density at radius 2 is 1.83 bits per heavy atom. The topological polar surface area (TPSA) is 116 Å². The average Bonchev–Trinajstić information content (AvgIpc) is 3.60. The Balaban J connectivity index is 1.68. The number of benzene rings is 2. The zero-order valence-corrected chi connectivity index (χ0v) is 22.9. The monoisotopic (exact) mass is 580 g/mol. The molecular formula is C29H27F3N6O4. The lowest BCUT2D eigenvalue weighted by atomic mass is 9.85. The second-order valence-electron chi connectivity index (χ2n) is 9.20. The van der Waals surface area contributed by atoms with E-state index in [0.717, 1.165) is 0 Å². The summed E-state index contributed by atoms with van der Waals surface area (Å²) in [5, 5.41) is 19.3. The minimum absolute atomic E-state index is 0.0102. The molecule has 1 atom stereocenters. The van der Waals surface area contributed by atoms with Crippen LogP contribution in [0.4, 0.5) is 18.9 Å². The number of pyridine rings is 1. The highest BCUT2D eigenvalue weighted by molar-refractivity contribution is 6.07. The third-order valence-corrected chi connectivity index (χ3v) is 6.76. The Kier molecular flexibility index (Phi) is 7.85. The largest absolute Gasteiger partial charge is 0.480 e. The number of nitrogens with one attached hydrogen (secondary N) is 1. The lowest BCUT2D eigenvalue weighted by Gasteiger charge is -2.30. The molecule has 0 saturated carbocycles. The lowest BCUT2D eigenvalue weighted by molar-refractivity contribution is -0.0498. The van der Waals surface area contributed by atoms with Crippen molar-refractivity contribution >= 4 is 22.8 Å². The number of amides is 1. The Morgan fingerprint density at radius 1 is 1.10 bits per heavy atom. The fraction of sp³-hybridized carbons (Fsp3) is 0.241. The van der Waals surface area contributed by atoms with E-state index < -0.39 is 23.9 Å². The number of aryl methyl sites for hydroxylation is 2. The SMILES string of the molecule is CCn1cc(NC(=O)c2cc3c(nc2OC)nc(C(O)(c2ccc(OC(F)F)cc2)c2ccccc2F)n3CC)cn1. The molecule has 0 spiro atoms. The average molecular weight is 581 g/mol. The van der Waals surface area contributed by atoms with Crippen molar-refractivity contribution in [3.63, 3.8) is 0 Å². The normalized spacial score (nSPS) is 12.9. The van der Waals surface area contributed by atoms with Crippen molar-refractivity contribution < 1.29 is 32.5 Å². The quantitative estimate of drug-likeness (QED) is 0.240. The number of carbonyl (C=O) groups is 1. The predicted octanol–water partition coefficient (Wildman–Crippen LogP) is 4.95. The van der Waals surface area contributed by atoms with Gasteiger partial charge >= 0.3 is 6.61 Å². The molecule has 218 valence electrons. The van der Waals surface area contributed by atoms with Gasteiger partial charge in [-0.2, -0.15) is 18.9 Å². The number of methoxy groups -OCH3 is 1. The van der Waals surface area contributed by atoms with Crippen LogP contribution >= 0.6 is 0 Å².